The van der Waals surface area contributed by atoms with Gasteiger partial charge >= 0.3 is 0 Å². The second kappa shape index (κ2) is 7.17. The first-order chi connectivity index (χ1) is 9.58. The van der Waals surface area contributed by atoms with Gasteiger partial charge in [0.15, 0.2) is 0 Å². The van der Waals surface area contributed by atoms with Gasteiger partial charge in [-0.2, -0.15) is 0 Å². The first-order valence-electron chi connectivity index (χ1n) is 6.18. The van der Waals surface area contributed by atoms with Crippen molar-refractivity contribution in [2.75, 3.05) is 13.6 Å². The number of rotatable bonds is 4. The predicted molar refractivity (Wildman–Crippen MR) is 91.8 cm³/mol. The molecule has 0 spiro atoms. The average Bonchev–Trinajstić information content (AvgIpc) is 2.47. The van der Waals surface area contributed by atoms with Gasteiger partial charge in [0, 0.05) is 39.9 Å². The maximum atomic E-state index is 12.4. The fraction of sp³-hybridized carbons (Fsp3) is 0.200. The number of carbonyl (C=O) groups excluding carboxylic acids is 1. The van der Waals surface area contributed by atoms with Gasteiger partial charge in [-0.05, 0) is 68.9 Å². The van der Waals surface area contributed by atoms with Gasteiger partial charge in [-0.3, -0.25) is 9.78 Å². The van der Waals surface area contributed by atoms with Crippen molar-refractivity contribution in [1.29, 1.82) is 0 Å². The number of nitrogens with zero attached hydrogens (tertiary/aromatic N) is 2. The molecule has 3 nitrogen and oxygen atoms in total. The third kappa shape index (κ3) is 4.02. The SMILES string of the molecule is CN(CCc1ccccn1)C(=O)c1cc(I)ccc1Br. The van der Waals surface area contributed by atoms with E-state index in [1.807, 2.05) is 43.4 Å². The summed E-state index contributed by atoms with van der Waals surface area (Å²) in [7, 11) is 1.82. The summed E-state index contributed by atoms with van der Waals surface area (Å²) in [5.41, 5.74) is 1.69. The molecule has 0 fully saturated rings. The van der Waals surface area contributed by atoms with E-state index in [-0.39, 0.29) is 5.91 Å². The van der Waals surface area contributed by atoms with E-state index in [1.54, 1.807) is 11.1 Å². The zero-order valence-electron chi connectivity index (χ0n) is 11.0. The highest BCUT2D eigenvalue weighted by atomic mass is 127. The zero-order chi connectivity index (χ0) is 14.5. The lowest BCUT2D eigenvalue weighted by molar-refractivity contribution is 0.0795. The summed E-state index contributed by atoms with van der Waals surface area (Å²) in [5, 5.41) is 0. The monoisotopic (exact) mass is 444 g/mol. The van der Waals surface area contributed by atoms with Crippen LogP contribution in [0.3, 0.4) is 0 Å². The molecule has 104 valence electrons. The first kappa shape index (κ1) is 15.4. The highest BCUT2D eigenvalue weighted by Gasteiger charge is 2.15. The Kier molecular flexibility index (Phi) is 5.54. The van der Waals surface area contributed by atoms with Crippen LogP contribution in [-0.2, 0) is 6.42 Å². The Morgan fingerprint density at radius 1 is 1.35 bits per heavy atom. The van der Waals surface area contributed by atoms with Crippen molar-refractivity contribution in [2.24, 2.45) is 0 Å². The van der Waals surface area contributed by atoms with Gasteiger partial charge in [-0.15, -0.1) is 0 Å². The molecule has 0 aliphatic heterocycles. The fourth-order valence-electron chi connectivity index (χ4n) is 1.80. The molecular weight excluding hydrogens is 431 g/mol. The van der Waals surface area contributed by atoms with Crippen molar-refractivity contribution in [1.82, 2.24) is 9.88 Å². The summed E-state index contributed by atoms with van der Waals surface area (Å²) in [5.74, 6) is 0.0197. The molecule has 1 aromatic heterocycles. The summed E-state index contributed by atoms with van der Waals surface area (Å²) in [6.07, 6.45) is 2.53. The third-order valence-corrected chi connectivity index (χ3v) is 4.30. The van der Waals surface area contributed by atoms with Gasteiger partial charge in [-0.1, -0.05) is 6.07 Å². The van der Waals surface area contributed by atoms with Crippen molar-refractivity contribution in [3.63, 3.8) is 0 Å². The molecule has 5 heteroatoms. The Balaban J connectivity index is 2.03. The quantitative estimate of drug-likeness (QED) is 0.672. The predicted octanol–water partition coefficient (Wildman–Crippen LogP) is 3.76. The Bertz CT molecular complexity index is 604. The number of likely N-dealkylation sites (N-methyl/N-ethyl adjacent to an activating group) is 1. The van der Waals surface area contributed by atoms with E-state index in [0.717, 1.165) is 20.2 Å². The van der Waals surface area contributed by atoms with E-state index in [2.05, 4.69) is 43.5 Å². The zero-order valence-corrected chi connectivity index (χ0v) is 14.8. The van der Waals surface area contributed by atoms with Gasteiger partial charge < -0.3 is 4.90 Å². The molecule has 1 amide bonds. The molecule has 1 aromatic carbocycles. The Morgan fingerprint density at radius 2 is 2.15 bits per heavy atom. The molecule has 0 N–H and O–H groups in total. The van der Waals surface area contributed by atoms with Crippen LogP contribution in [0.15, 0.2) is 47.1 Å². The van der Waals surface area contributed by atoms with Crippen LogP contribution in [0.2, 0.25) is 0 Å². The summed E-state index contributed by atoms with van der Waals surface area (Å²) in [4.78, 5) is 18.4. The van der Waals surface area contributed by atoms with Gasteiger partial charge in [-0.25, -0.2) is 0 Å². The molecule has 0 aliphatic rings. The van der Waals surface area contributed by atoms with Gasteiger partial charge in [0.1, 0.15) is 0 Å². The molecule has 0 bridgehead atoms. The summed E-state index contributed by atoms with van der Waals surface area (Å²) in [6, 6.07) is 11.6. The van der Waals surface area contributed by atoms with E-state index in [0.29, 0.717) is 12.1 Å². The normalized spacial score (nSPS) is 10.3. The summed E-state index contributed by atoms with van der Waals surface area (Å²) in [6.45, 7) is 0.647. The molecule has 2 rings (SSSR count). The highest BCUT2D eigenvalue weighted by Crippen LogP contribution is 2.20. The van der Waals surface area contributed by atoms with Crippen molar-refractivity contribution in [2.45, 2.75) is 6.42 Å². The van der Waals surface area contributed by atoms with Crippen LogP contribution in [-0.4, -0.2) is 29.4 Å². The Hall–Kier alpha value is -0.950. The maximum absolute atomic E-state index is 12.4. The first-order valence-corrected chi connectivity index (χ1v) is 8.05. The van der Waals surface area contributed by atoms with E-state index in [4.69, 9.17) is 0 Å². The number of benzene rings is 1. The molecule has 1 heterocycles. The molecule has 20 heavy (non-hydrogen) atoms. The summed E-state index contributed by atoms with van der Waals surface area (Å²) < 4.78 is 1.87. The van der Waals surface area contributed by atoms with Gasteiger partial charge in [0.25, 0.3) is 5.91 Å². The lowest BCUT2D eigenvalue weighted by atomic mass is 10.2. The van der Waals surface area contributed by atoms with Crippen molar-refractivity contribution in [3.05, 3.63) is 61.9 Å². The minimum atomic E-state index is 0.0197. The molecule has 0 saturated heterocycles. The molecule has 0 aliphatic carbocycles. The van der Waals surface area contributed by atoms with E-state index < -0.39 is 0 Å². The van der Waals surface area contributed by atoms with Crippen LogP contribution in [0.4, 0.5) is 0 Å². The molecule has 0 saturated carbocycles. The van der Waals surface area contributed by atoms with Crippen LogP contribution in [0, 0.1) is 3.57 Å². The minimum absolute atomic E-state index is 0.0197. The van der Waals surface area contributed by atoms with Gasteiger partial charge in [0.2, 0.25) is 0 Å². The second-order valence-corrected chi connectivity index (χ2v) is 6.52. The highest BCUT2D eigenvalue weighted by molar-refractivity contribution is 14.1. The average molecular weight is 445 g/mol. The number of carbonyl (C=O) groups is 1. The lowest BCUT2D eigenvalue weighted by Crippen LogP contribution is -2.29. The molecular formula is C15H14BrIN2O. The van der Waals surface area contributed by atoms with Crippen molar-refractivity contribution >= 4 is 44.4 Å². The van der Waals surface area contributed by atoms with Crippen molar-refractivity contribution < 1.29 is 4.79 Å². The number of hydrogen-bond donors (Lipinski definition) is 0. The van der Waals surface area contributed by atoms with Gasteiger partial charge in [0.05, 0.1) is 5.56 Å². The number of amides is 1. The smallest absolute Gasteiger partial charge is 0.254 e. The van der Waals surface area contributed by atoms with Crippen molar-refractivity contribution in [3.8, 4) is 0 Å². The van der Waals surface area contributed by atoms with E-state index in [9.17, 15) is 4.79 Å². The maximum Gasteiger partial charge on any atom is 0.254 e. The summed E-state index contributed by atoms with van der Waals surface area (Å²) >= 11 is 5.64. The molecule has 0 radical (unpaired) electrons. The fourth-order valence-corrected chi connectivity index (χ4v) is 2.70. The van der Waals surface area contributed by atoms with Crippen LogP contribution >= 0.6 is 38.5 Å². The number of aromatic nitrogens is 1. The standard InChI is InChI=1S/C15H14BrIN2O/c1-19(9-7-12-4-2-3-8-18-12)15(20)13-10-11(17)5-6-14(13)16/h2-6,8,10H,7,9H2,1H3. The number of hydrogen-bond acceptors (Lipinski definition) is 2. The Labute approximate surface area is 140 Å². The molecule has 0 atom stereocenters. The van der Waals surface area contributed by atoms with E-state index in [1.165, 1.54) is 0 Å². The third-order valence-electron chi connectivity index (χ3n) is 2.94. The van der Waals surface area contributed by atoms with Crippen LogP contribution in [0.5, 0.6) is 0 Å². The Morgan fingerprint density at radius 3 is 2.85 bits per heavy atom. The lowest BCUT2D eigenvalue weighted by Gasteiger charge is -2.18. The number of halogens is 2. The minimum Gasteiger partial charge on any atom is -0.341 e. The largest absolute Gasteiger partial charge is 0.341 e. The van der Waals surface area contributed by atoms with Crippen LogP contribution in [0.1, 0.15) is 16.1 Å². The number of pyridine rings is 1. The van der Waals surface area contributed by atoms with E-state index >= 15 is 0 Å². The van der Waals surface area contributed by atoms with Crippen LogP contribution < -0.4 is 0 Å². The second-order valence-electron chi connectivity index (χ2n) is 4.42. The molecule has 0 unspecified atom stereocenters. The van der Waals surface area contributed by atoms with Crippen LogP contribution in [0.25, 0.3) is 0 Å². The topological polar surface area (TPSA) is 33.2 Å². The molecule has 2 aromatic rings.